The first-order chi connectivity index (χ1) is 7.63. The molecule has 0 fully saturated rings. The lowest BCUT2D eigenvalue weighted by Gasteiger charge is -2.17. The van der Waals surface area contributed by atoms with Crippen LogP contribution in [0.4, 0.5) is 0 Å². The fourth-order valence-corrected chi connectivity index (χ4v) is 1.43. The van der Waals surface area contributed by atoms with Gasteiger partial charge in [-0.25, -0.2) is 0 Å². The number of hydrogen-bond donors (Lipinski definition) is 4. The molecule has 90 valence electrons. The average Bonchev–Trinajstić information content (AvgIpc) is 2.35. The first kappa shape index (κ1) is 12.9. The minimum absolute atomic E-state index is 0.0226. The maximum Gasteiger partial charge on any atom is 0.124 e. The van der Waals surface area contributed by atoms with Gasteiger partial charge in [-0.15, -0.1) is 0 Å². The minimum Gasteiger partial charge on any atom is -0.496 e. The van der Waals surface area contributed by atoms with E-state index in [-0.39, 0.29) is 13.2 Å². The number of aliphatic hydroxyl groups is 3. The summed E-state index contributed by atoms with van der Waals surface area (Å²) >= 11 is 0. The Morgan fingerprint density at radius 1 is 1.38 bits per heavy atom. The summed E-state index contributed by atoms with van der Waals surface area (Å²) in [5.41, 5.74) is 6.39. The quantitative estimate of drug-likeness (QED) is 0.546. The van der Waals surface area contributed by atoms with Crippen molar-refractivity contribution in [2.45, 2.75) is 18.8 Å². The predicted molar refractivity (Wildman–Crippen MR) is 58.9 cm³/mol. The molecule has 0 aliphatic rings. The molecule has 0 radical (unpaired) electrons. The molecular weight excluding hydrogens is 210 g/mol. The van der Waals surface area contributed by atoms with Gasteiger partial charge in [-0.2, -0.15) is 0 Å². The van der Waals surface area contributed by atoms with Crippen molar-refractivity contribution in [1.82, 2.24) is 0 Å². The summed E-state index contributed by atoms with van der Waals surface area (Å²) in [5.74, 6) is 0.475. The third-order valence-electron chi connectivity index (χ3n) is 2.43. The molecule has 0 heterocycles. The fourth-order valence-electron chi connectivity index (χ4n) is 1.43. The molecule has 0 aliphatic carbocycles. The zero-order chi connectivity index (χ0) is 12.1. The van der Waals surface area contributed by atoms with Crippen LogP contribution in [0.5, 0.6) is 5.75 Å². The van der Waals surface area contributed by atoms with Crippen molar-refractivity contribution < 1.29 is 20.1 Å². The van der Waals surface area contributed by atoms with E-state index in [0.29, 0.717) is 16.9 Å². The van der Waals surface area contributed by atoms with E-state index in [0.717, 1.165) is 0 Å². The molecule has 0 aromatic heterocycles. The largest absolute Gasteiger partial charge is 0.496 e. The van der Waals surface area contributed by atoms with Crippen LogP contribution in [-0.4, -0.2) is 35.1 Å². The third kappa shape index (κ3) is 2.70. The first-order valence-corrected chi connectivity index (χ1v) is 4.98. The Bertz CT molecular complexity index is 343. The molecule has 5 N–H and O–H groups in total. The average molecular weight is 227 g/mol. The van der Waals surface area contributed by atoms with Crippen LogP contribution in [0.15, 0.2) is 18.2 Å². The minimum atomic E-state index is -1.05. The van der Waals surface area contributed by atoms with Crippen LogP contribution in [0.2, 0.25) is 0 Å². The maximum atomic E-state index is 9.72. The van der Waals surface area contributed by atoms with Gasteiger partial charge in [-0.3, -0.25) is 0 Å². The van der Waals surface area contributed by atoms with Crippen molar-refractivity contribution in [1.29, 1.82) is 0 Å². The van der Waals surface area contributed by atoms with Gasteiger partial charge in [0.15, 0.2) is 0 Å². The van der Waals surface area contributed by atoms with Crippen molar-refractivity contribution in [2.75, 3.05) is 13.7 Å². The molecule has 1 rings (SSSR count). The molecule has 0 saturated carbocycles. The van der Waals surface area contributed by atoms with E-state index in [1.807, 2.05) is 0 Å². The summed E-state index contributed by atoms with van der Waals surface area (Å²) < 4.78 is 5.06. The van der Waals surface area contributed by atoms with Crippen LogP contribution in [-0.2, 0) is 6.61 Å². The van der Waals surface area contributed by atoms with E-state index < -0.39 is 12.2 Å². The fraction of sp³-hybridized carbons (Fsp3) is 0.455. The number of methoxy groups -OCH3 is 1. The van der Waals surface area contributed by atoms with Gasteiger partial charge in [0.25, 0.3) is 0 Å². The summed E-state index contributed by atoms with van der Waals surface area (Å²) in [5, 5.41) is 28.2. The van der Waals surface area contributed by atoms with E-state index >= 15 is 0 Å². The Balaban J connectivity index is 2.98. The van der Waals surface area contributed by atoms with Crippen LogP contribution in [0.1, 0.15) is 17.2 Å². The molecular formula is C11H17NO4. The first-order valence-electron chi connectivity index (χ1n) is 4.98. The van der Waals surface area contributed by atoms with Crippen LogP contribution < -0.4 is 10.5 Å². The second-order valence-electron chi connectivity index (χ2n) is 3.48. The number of aliphatic hydroxyl groups excluding tert-OH is 3. The summed E-state index contributed by atoms with van der Waals surface area (Å²) in [6.45, 7) is -0.162. The molecule has 1 aromatic carbocycles. The molecule has 0 bridgehead atoms. The molecule has 0 spiro atoms. The van der Waals surface area contributed by atoms with Crippen LogP contribution in [0.3, 0.4) is 0 Å². The van der Waals surface area contributed by atoms with Crippen LogP contribution in [0.25, 0.3) is 0 Å². The van der Waals surface area contributed by atoms with Gasteiger partial charge in [0.2, 0.25) is 0 Å². The Kier molecular flexibility index (Phi) is 4.70. The van der Waals surface area contributed by atoms with E-state index in [1.165, 1.54) is 7.11 Å². The molecule has 0 aliphatic heterocycles. The Morgan fingerprint density at radius 3 is 2.56 bits per heavy atom. The van der Waals surface area contributed by atoms with E-state index in [4.69, 9.17) is 15.6 Å². The van der Waals surface area contributed by atoms with Gasteiger partial charge in [0.05, 0.1) is 19.8 Å². The number of ether oxygens (including phenoxy) is 1. The molecule has 2 unspecified atom stereocenters. The van der Waals surface area contributed by atoms with Gasteiger partial charge < -0.3 is 25.8 Å². The van der Waals surface area contributed by atoms with Crippen LogP contribution >= 0.6 is 0 Å². The highest BCUT2D eigenvalue weighted by Gasteiger charge is 2.18. The predicted octanol–water partition coefficient (Wildman–Crippen LogP) is -0.460. The topological polar surface area (TPSA) is 95.9 Å². The molecule has 0 saturated heterocycles. The highest BCUT2D eigenvalue weighted by molar-refractivity contribution is 5.38. The van der Waals surface area contributed by atoms with Crippen molar-refractivity contribution in [3.63, 3.8) is 0 Å². The zero-order valence-electron chi connectivity index (χ0n) is 9.13. The van der Waals surface area contributed by atoms with Gasteiger partial charge >= 0.3 is 0 Å². The van der Waals surface area contributed by atoms with Crippen molar-refractivity contribution in [3.05, 3.63) is 29.3 Å². The number of benzene rings is 1. The van der Waals surface area contributed by atoms with Crippen molar-refractivity contribution in [3.8, 4) is 5.75 Å². The molecule has 5 heteroatoms. The monoisotopic (exact) mass is 227 g/mol. The number of nitrogens with two attached hydrogens (primary N) is 1. The molecule has 0 amide bonds. The lowest BCUT2D eigenvalue weighted by Crippen LogP contribution is -2.27. The van der Waals surface area contributed by atoms with E-state index in [2.05, 4.69) is 0 Å². The summed E-state index contributed by atoms with van der Waals surface area (Å²) in [7, 11) is 1.48. The normalized spacial score (nSPS) is 14.6. The smallest absolute Gasteiger partial charge is 0.124 e. The Morgan fingerprint density at radius 2 is 2.06 bits per heavy atom. The van der Waals surface area contributed by atoms with E-state index in [1.54, 1.807) is 18.2 Å². The second kappa shape index (κ2) is 5.81. The highest BCUT2D eigenvalue weighted by atomic mass is 16.5. The van der Waals surface area contributed by atoms with Gasteiger partial charge in [-0.1, -0.05) is 12.1 Å². The zero-order valence-corrected chi connectivity index (χ0v) is 9.13. The third-order valence-corrected chi connectivity index (χ3v) is 2.43. The SMILES string of the molecule is COc1cc(C(O)C(O)CN)ccc1CO. The maximum absolute atomic E-state index is 9.72. The lowest BCUT2D eigenvalue weighted by atomic mass is 10.0. The van der Waals surface area contributed by atoms with Gasteiger partial charge in [-0.05, 0) is 11.6 Å². The summed E-state index contributed by atoms with van der Waals surface area (Å²) in [6, 6.07) is 4.84. The molecule has 5 nitrogen and oxygen atoms in total. The molecule has 2 atom stereocenters. The summed E-state index contributed by atoms with van der Waals surface area (Å²) in [6.07, 6.45) is -2.06. The second-order valence-corrected chi connectivity index (χ2v) is 3.48. The lowest BCUT2D eigenvalue weighted by molar-refractivity contribution is 0.0242. The Hall–Kier alpha value is -1.14. The number of hydrogen-bond acceptors (Lipinski definition) is 5. The Labute approximate surface area is 94.1 Å². The highest BCUT2D eigenvalue weighted by Crippen LogP contribution is 2.25. The van der Waals surface area contributed by atoms with Gasteiger partial charge in [0, 0.05) is 12.1 Å². The van der Waals surface area contributed by atoms with Crippen LogP contribution in [0, 0.1) is 0 Å². The number of rotatable bonds is 5. The standard InChI is InChI=1S/C11H17NO4/c1-16-10-4-7(2-3-8(10)6-13)11(15)9(14)5-12/h2-4,9,11,13-15H,5-6,12H2,1H3. The molecule has 16 heavy (non-hydrogen) atoms. The molecule has 1 aromatic rings. The van der Waals surface area contributed by atoms with Crippen molar-refractivity contribution >= 4 is 0 Å². The summed E-state index contributed by atoms with van der Waals surface area (Å²) in [4.78, 5) is 0. The van der Waals surface area contributed by atoms with Crippen molar-refractivity contribution in [2.24, 2.45) is 5.73 Å². The van der Waals surface area contributed by atoms with E-state index in [9.17, 15) is 10.2 Å². The van der Waals surface area contributed by atoms with Gasteiger partial charge in [0.1, 0.15) is 11.9 Å².